The van der Waals surface area contributed by atoms with E-state index in [1.54, 1.807) is 37.3 Å². The SMILES string of the molecule is CCCNC(=O)NC1CC(=O)N(c2ccc(OC)c(OC)c2)C1. The van der Waals surface area contributed by atoms with E-state index >= 15 is 0 Å². The summed E-state index contributed by atoms with van der Waals surface area (Å²) in [4.78, 5) is 25.6. The Morgan fingerprint density at radius 3 is 2.70 bits per heavy atom. The number of methoxy groups -OCH3 is 2. The molecule has 2 N–H and O–H groups in total. The lowest BCUT2D eigenvalue weighted by Gasteiger charge is -2.19. The third kappa shape index (κ3) is 4.06. The number of hydrogen-bond donors (Lipinski definition) is 2. The Morgan fingerprint density at radius 1 is 1.30 bits per heavy atom. The second-order valence-corrected chi connectivity index (χ2v) is 5.34. The molecule has 7 heteroatoms. The molecule has 23 heavy (non-hydrogen) atoms. The van der Waals surface area contributed by atoms with E-state index in [1.807, 2.05) is 6.92 Å². The van der Waals surface area contributed by atoms with Gasteiger partial charge in [0.2, 0.25) is 5.91 Å². The monoisotopic (exact) mass is 321 g/mol. The number of hydrogen-bond acceptors (Lipinski definition) is 4. The second kappa shape index (κ2) is 7.71. The first-order chi connectivity index (χ1) is 11.1. The molecule has 0 bridgehead atoms. The first-order valence-corrected chi connectivity index (χ1v) is 7.65. The van der Waals surface area contributed by atoms with Crippen LogP contribution in [0, 0.1) is 0 Å². The van der Waals surface area contributed by atoms with Gasteiger partial charge in [0, 0.05) is 31.3 Å². The van der Waals surface area contributed by atoms with Gasteiger partial charge in [-0.3, -0.25) is 4.79 Å². The molecule has 1 atom stereocenters. The smallest absolute Gasteiger partial charge is 0.315 e. The maximum Gasteiger partial charge on any atom is 0.315 e. The lowest BCUT2D eigenvalue weighted by Crippen LogP contribution is -2.43. The van der Waals surface area contributed by atoms with Gasteiger partial charge in [0.25, 0.3) is 0 Å². The number of rotatable bonds is 6. The third-order valence-corrected chi connectivity index (χ3v) is 3.67. The molecule has 0 saturated carbocycles. The molecular formula is C16H23N3O4. The van der Waals surface area contributed by atoms with Gasteiger partial charge >= 0.3 is 6.03 Å². The van der Waals surface area contributed by atoms with Crippen molar-refractivity contribution in [2.75, 3.05) is 32.2 Å². The largest absolute Gasteiger partial charge is 0.493 e. The Hall–Kier alpha value is -2.44. The molecule has 1 heterocycles. The zero-order valence-electron chi connectivity index (χ0n) is 13.7. The van der Waals surface area contributed by atoms with Crippen molar-refractivity contribution in [2.45, 2.75) is 25.8 Å². The molecule has 0 aromatic heterocycles. The van der Waals surface area contributed by atoms with Crippen LogP contribution in [-0.2, 0) is 4.79 Å². The summed E-state index contributed by atoms with van der Waals surface area (Å²) < 4.78 is 10.5. The lowest BCUT2D eigenvalue weighted by atomic mass is 10.2. The van der Waals surface area contributed by atoms with Gasteiger partial charge in [-0.15, -0.1) is 0 Å². The number of carbonyl (C=O) groups excluding carboxylic acids is 2. The second-order valence-electron chi connectivity index (χ2n) is 5.34. The van der Waals surface area contributed by atoms with E-state index < -0.39 is 0 Å². The quantitative estimate of drug-likeness (QED) is 0.832. The van der Waals surface area contributed by atoms with Crippen molar-refractivity contribution >= 4 is 17.6 Å². The molecule has 0 aliphatic carbocycles. The number of nitrogens with one attached hydrogen (secondary N) is 2. The van der Waals surface area contributed by atoms with E-state index in [0.29, 0.717) is 24.6 Å². The zero-order chi connectivity index (χ0) is 16.8. The number of nitrogens with zero attached hydrogens (tertiary/aromatic N) is 1. The Morgan fingerprint density at radius 2 is 2.04 bits per heavy atom. The molecule has 1 unspecified atom stereocenters. The van der Waals surface area contributed by atoms with Gasteiger partial charge in [0.05, 0.1) is 20.3 Å². The molecule has 0 radical (unpaired) electrons. The minimum atomic E-state index is -0.237. The minimum Gasteiger partial charge on any atom is -0.493 e. The van der Waals surface area contributed by atoms with Gasteiger partial charge in [0.15, 0.2) is 11.5 Å². The number of benzene rings is 1. The predicted octanol–water partition coefficient (Wildman–Crippen LogP) is 1.52. The summed E-state index contributed by atoms with van der Waals surface area (Å²) in [5.41, 5.74) is 0.728. The van der Waals surface area contributed by atoms with Gasteiger partial charge in [-0.05, 0) is 18.6 Å². The molecule has 3 amide bonds. The van der Waals surface area contributed by atoms with E-state index in [-0.39, 0.29) is 24.4 Å². The Kier molecular flexibility index (Phi) is 5.67. The first-order valence-electron chi connectivity index (χ1n) is 7.65. The third-order valence-electron chi connectivity index (χ3n) is 3.67. The fourth-order valence-corrected chi connectivity index (χ4v) is 2.52. The molecule has 0 spiro atoms. The Labute approximate surface area is 135 Å². The number of ether oxygens (including phenoxy) is 2. The molecule has 7 nitrogen and oxygen atoms in total. The Bertz CT molecular complexity index is 576. The summed E-state index contributed by atoms with van der Waals surface area (Å²) in [6.07, 6.45) is 1.16. The summed E-state index contributed by atoms with van der Waals surface area (Å²) in [7, 11) is 3.11. The molecule has 1 aromatic rings. The molecule has 1 aliphatic heterocycles. The topological polar surface area (TPSA) is 79.9 Å². The van der Waals surface area contributed by atoms with Crippen molar-refractivity contribution in [3.05, 3.63) is 18.2 Å². The highest BCUT2D eigenvalue weighted by atomic mass is 16.5. The fraction of sp³-hybridized carbons (Fsp3) is 0.500. The van der Waals surface area contributed by atoms with Crippen LogP contribution in [0.3, 0.4) is 0 Å². The molecule has 1 aromatic carbocycles. The number of carbonyl (C=O) groups is 2. The fourth-order valence-electron chi connectivity index (χ4n) is 2.52. The summed E-state index contributed by atoms with van der Waals surface area (Å²) in [6, 6.07) is 4.89. The highest BCUT2D eigenvalue weighted by Crippen LogP contribution is 2.33. The van der Waals surface area contributed by atoms with Crippen LogP contribution in [0.5, 0.6) is 11.5 Å². The van der Waals surface area contributed by atoms with Crippen LogP contribution in [0.25, 0.3) is 0 Å². The van der Waals surface area contributed by atoms with Crippen molar-refractivity contribution in [1.82, 2.24) is 10.6 Å². The molecule has 1 saturated heterocycles. The first kappa shape index (κ1) is 16.9. The van der Waals surface area contributed by atoms with Gasteiger partial charge in [-0.2, -0.15) is 0 Å². The standard InChI is InChI=1S/C16H23N3O4/c1-4-7-17-16(21)18-11-8-15(20)19(10-11)12-5-6-13(22-2)14(9-12)23-3/h5-6,9,11H,4,7-8,10H2,1-3H3,(H2,17,18,21). The van der Waals surface area contributed by atoms with Crippen LogP contribution in [0.2, 0.25) is 0 Å². The van der Waals surface area contributed by atoms with E-state index in [2.05, 4.69) is 10.6 Å². The molecule has 1 aliphatic rings. The van der Waals surface area contributed by atoms with E-state index in [0.717, 1.165) is 12.1 Å². The van der Waals surface area contributed by atoms with E-state index in [9.17, 15) is 9.59 Å². The maximum absolute atomic E-state index is 12.2. The van der Waals surface area contributed by atoms with Gasteiger partial charge < -0.3 is 25.0 Å². The van der Waals surface area contributed by atoms with Crippen LogP contribution in [0.15, 0.2) is 18.2 Å². The average Bonchev–Trinajstić information content (AvgIpc) is 2.92. The number of amides is 3. The maximum atomic E-state index is 12.2. The van der Waals surface area contributed by atoms with Crippen LogP contribution in [0.4, 0.5) is 10.5 Å². The summed E-state index contributed by atoms with van der Waals surface area (Å²) >= 11 is 0. The molecule has 2 rings (SSSR count). The van der Waals surface area contributed by atoms with Crippen molar-refractivity contribution in [3.63, 3.8) is 0 Å². The minimum absolute atomic E-state index is 0.0296. The predicted molar refractivity (Wildman–Crippen MR) is 87.1 cm³/mol. The van der Waals surface area contributed by atoms with Gasteiger partial charge in [-0.25, -0.2) is 4.79 Å². The highest BCUT2D eigenvalue weighted by Gasteiger charge is 2.32. The number of urea groups is 1. The van der Waals surface area contributed by atoms with E-state index in [1.165, 1.54) is 0 Å². The molecule has 1 fully saturated rings. The summed E-state index contributed by atoms with van der Waals surface area (Å²) in [6.45, 7) is 3.04. The average molecular weight is 321 g/mol. The Balaban J connectivity index is 2.04. The van der Waals surface area contributed by atoms with Crippen LogP contribution in [0.1, 0.15) is 19.8 Å². The van der Waals surface area contributed by atoms with E-state index in [4.69, 9.17) is 9.47 Å². The zero-order valence-corrected chi connectivity index (χ0v) is 13.7. The van der Waals surface area contributed by atoms with Crippen molar-refractivity contribution in [3.8, 4) is 11.5 Å². The van der Waals surface area contributed by atoms with Crippen LogP contribution in [-0.4, -0.2) is 45.3 Å². The van der Waals surface area contributed by atoms with Crippen molar-refractivity contribution in [2.24, 2.45) is 0 Å². The highest BCUT2D eigenvalue weighted by molar-refractivity contribution is 5.97. The summed E-state index contributed by atoms with van der Waals surface area (Å²) in [5, 5.41) is 5.57. The normalized spacial score (nSPS) is 17.1. The number of anilines is 1. The van der Waals surface area contributed by atoms with Gasteiger partial charge in [0.1, 0.15) is 0 Å². The van der Waals surface area contributed by atoms with Crippen molar-refractivity contribution < 1.29 is 19.1 Å². The van der Waals surface area contributed by atoms with Crippen LogP contribution >= 0.6 is 0 Å². The summed E-state index contributed by atoms with van der Waals surface area (Å²) in [5.74, 6) is 1.14. The molecular weight excluding hydrogens is 298 g/mol. The van der Waals surface area contributed by atoms with Gasteiger partial charge in [-0.1, -0.05) is 6.92 Å². The van der Waals surface area contributed by atoms with Crippen LogP contribution < -0.4 is 25.0 Å². The van der Waals surface area contributed by atoms with Crippen molar-refractivity contribution in [1.29, 1.82) is 0 Å². The lowest BCUT2D eigenvalue weighted by molar-refractivity contribution is -0.117. The molecule has 126 valence electrons.